The van der Waals surface area contributed by atoms with Crippen LogP contribution in [0.15, 0.2) is 23.1 Å². The molecule has 0 spiro atoms. The minimum Gasteiger partial charge on any atom is -0.383 e. The van der Waals surface area contributed by atoms with Crippen molar-refractivity contribution in [2.75, 3.05) is 5.75 Å². The third-order valence-corrected chi connectivity index (χ3v) is 3.36. The van der Waals surface area contributed by atoms with Gasteiger partial charge in [-0.25, -0.2) is 0 Å². The maximum atomic E-state index is 12.1. The number of hydrogen-bond donors (Lipinski definition) is 1. The highest BCUT2D eigenvalue weighted by molar-refractivity contribution is 7.99. The molecular formula is C11H13F3OS. The molecule has 0 bridgehead atoms. The number of alkyl halides is 3. The van der Waals surface area contributed by atoms with Gasteiger partial charge in [-0.3, -0.25) is 0 Å². The number of benzene rings is 1. The van der Waals surface area contributed by atoms with Crippen molar-refractivity contribution in [2.24, 2.45) is 0 Å². The average Bonchev–Trinajstić information content (AvgIpc) is 2.14. The smallest absolute Gasteiger partial charge is 0.383 e. The zero-order valence-corrected chi connectivity index (χ0v) is 9.82. The molecular weight excluding hydrogens is 237 g/mol. The van der Waals surface area contributed by atoms with E-state index in [1.54, 1.807) is 6.07 Å². The van der Waals surface area contributed by atoms with E-state index in [-0.39, 0.29) is 5.75 Å². The fourth-order valence-corrected chi connectivity index (χ4v) is 2.20. The van der Waals surface area contributed by atoms with Crippen LogP contribution >= 0.6 is 11.8 Å². The van der Waals surface area contributed by atoms with Crippen LogP contribution in [0.1, 0.15) is 11.1 Å². The Labute approximate surface area is 96.7 Å². The molecule has 0 amide bonds. The van der Waals surface area contributed by atoms with E-state index in [1.807, 2.05) is 26.0 Å². The van der Waals surface area contributed by atoms with E-state index in [2.05, 4.69) is 0 Å². The quantitative estimate of drug-likeness (QED) is 0.830. The summed E-state index contributed by atoms with van der Waals surface area (Å²) in [4.78, 5) is 0.772. The number of aliphatic hydroxyl groups excluding tert-OH is 1. The maximum absolute atomic E-state index is 12.1. The molecule has 0 aromatic heterocycles. The Balaban J connectivity index is 2.62. The minimum atomic E-state index is -4.54. The molecule has 0 aliphatic rings. The second-order valence-electron chi connectivity index (χ2n) is 3.64. The van der Waals surface area contributed by atoms with Crippen molar-refractivity contribution in [3.8, 4) is 0 Å². The van der Waals surface area contributed by atoms with Gasteiger partial charge in [0.15, 0.2) is 6.10 Å². The molecule has 5 heteroatoms. The molecule has 1 N–H and O–H groups in total. The Hall–Kier alpha value is -0.680. The highest BCUT2D eigenvalue weighted by atomic mass is 32.2. The van der Waals surface area contributed by atoms with E-state index < -0.39 is 12.3 Å². The Morgan fingerprint density at radius 2 is 1.94 bits per heavy atom. The molecule has 16 heavy (non-hydrogen) atoms. The summed E-state index contributed by atoms with van der Waals surface area (Å²) in [5.74, 6) is -0.368. The molecule has 1 aromatic rings. The lowest BCUT2D eigenvalue weighted by Gasteiger charge is -2.14. The molecule has 0 fully saturated rings. The first-order valence-corrected chi connectivity index (χ1v) is 5.74. The molecule has 1 aromatic carbocycles. The fourth-order valence-electron chi connectivity index (χ4n) is 1.22. The van der Waals surface area contributed by atoms with E-state index in [0.29, 0.717) is 0 Å². The first kappa shape index (κ1) is 13.4. The van der Waals surface area contributed by atoms with Crippen molar-refractivity contribution >= 4 is 11.8 Å². The van der Waals surface area contributed by atoms with Crippen LogP contribution in [0.3, 0.4) is 0 Å². The van der Waals surface area contributed by atoms with Gasteiger partial charge >= 0.3 is 6.18 Å². The van der Waals surface area contributed by atoms with Crippen LogP contribution in [0, 0.1) is 13.8 Å². The fraction of sp³-hybridized carbons (Fsp3) is 0.455. The van der Waals surface area contributed by atoms with Gasteiger partial charge in [-0.05, 0) is 25.5 Å². The van der Waals surface area contributed by atoms with Crippen molar-refractivity contribution in [1.29, 1.82) is 0 Å². The lowest BCUT2D eigenvalue weighted by molar-refractivity contribution is -0.195. The van der Waals surface area contributed by atoms with Crippen molar-refractivity contribution in [3.63, 3.8) is 0 Å². The number of rotatable bonds is 3. The van der Waals surface area contributed by atoms with E-state index >= 15 is 0 Å². The zero-order valence-electron chi connectivity index (χ0n) is 9.01. The standard InChI is InChI=1S/C11H13F3OS/c1-7-3-4-9(8(2)5-7)16-6-10(15)11(12,13)14/h3-5,10,15H,6H2,1-2H3. The molecule has 0 radical (unpaired) electrons. The molecule has 0 saturated carbocycles. The molecule has 90 valence electrons. The topological polar surface area (TPSA) is 20.2 Å². The first-order chi connectivity index (χ1) is 7.30. The third-order valence-electron chi connectivity index (χ3n) is 2.10. The number of aryl methyl sites for hydroxylation is 2. The summed E-state index contributed by atoms with van der Waals surface area (Å²) in [6.45, 7) is 3.77. The Morgan fingerprint density at radius 3 is 2.44 bits per heavy atom. The summed E-state index contributed by atoms with van der Waals surface area (Å²) in [7, 11) is 0. The van der Waals surface area contributed by atoms with Gasteiger partial charge in [0.1, 0.15) is 0 Å². The minimum absolute atomic E-state index is 0.368. The van der Waals surface area contributed by atoms with Crippen LogP contribution in [0.25, 0.3) is 0 Å². The van der Waals surface area contributed by atoms with Crippen molar-refractivity contribution in [3.05, 3.63) is 29.3 Å². The van der Waals surface area contributed by atoms with Gasteiger partial charge in [0.2, 0.25) is 0 Å². The lowest BCUT2D eigenvalue weighted by atomic mass is 10.2. The molecule has 0 saturated heterocycles. The molecule has 1 nitrogen and oxygen atoms in total. The highest BCUT2D eigenvalue weighted by Crippen LogP contribution is 2.28. The predicted molar refractivity (Wildman–Crippen MR) is 58.7 cm³/mol. The number of hydrogen-bond acceptors (Lipinski definition) is 2. The van der Waals surface area contributed by atoms with Crippen molar-refractivity contribution in [1.82, 2.24) is 0 Å². The highest BCUT2D eigenvalue weighted by Gasteiger charge is 2.37. The number of halogens is 3. The van der Waals surface area contributed by atoms with Crippen LogP contribution in [-0.2, 0) is 0 Å². The SMILES string of the molecule is Cc1ccc(SCC(O)C(F)(F)F)c(C)c1. The van der Waals surface area contributed by atoms with Crippen LogP contribution in [0.5, 0.6) is 0 Å². The van der Waals surface area contributed by atoms with Gasteiger partial charge < -0.3 is 5.11 Å². The van der Waals surface area contributed by atoms with Gasteiger partial charge in [0.25, 0.3) is 0 Å². The monoisotopic (exact) mass is 250 g/mol. The van der Waals surface area contributed by atoms with Crippen LogP contribution in [0.2, 0.25) is 0 Å². The first-order valence-electron chi connectivity index (χ1n) is 4.75. The average molecular weight is 250 g/mol. The molecule has 1 unspecified atom stereocenters. The number of thioether (sulfide) groups is 1. The van der Waals surface area contributed by atoms with Crippen molar-refractivity contribution < 1.29 is 18.3 Å². The van der Waals surface area contributed by atoms with Crippen LogP contribution < -0.4 is 0 Å². The van der Waals surface area contributed by atoms with E-state index in [1.165, 1.54) is 0 Å². The van der Waals surface area contributed by atoms with E-state index in [4.69, 9.17) is 5.11 Å². The van der Waals surface area contributed by atoms with Gasteiger partial charge in [0, 0.05) is 10.6 Å². The van der Waals surface area contributed by atoms with Gasteiger partial charge in [0.05, 0.1) is 0 Å². The summed E-state index contributed by atoms with van der Waals surface area (Å²) in [6, 6.07) is 5.52. The molecule has 1 rings (SSSR count). The summed E-state index contributed by atoms with van der Waals surface area (Å²) in [6.07, 6.45) is -6.80. The van der Waals surface area contributed by atoms with Crippen LogP contribution in [0.4, 0.5) is 13.2 Å². The Morgan fingerprint density at radius 1 is 1.31 bits per heavy atom. The normalized spacial score (nSPS) is 13.9. The zero-order chi connectivity index (χ0) is 12.3. The van der Waals surface area contributed by atoms with Gasteiger partial charge in [-0.1, -0.05) is 17.7 Å². The predicted octanol–water partition coefficient (Wildman–Crippen LogP) is 3.32. The lowest BCUT2D eigenvalue weighted by Crippen LogP contribution is -2.30. The summed E-state index contributed by atoms with van der Waals surface area (Å²) in [5, 5.41) is 8.85. The summed E-state index contributed by atoms with van der Waals surface area (Å²) >= 11 is 1.02. The second kappa shape index (κ2) is 5.10. The van der Waals surface area contributed by atoms with Gasteiger partial charge in [-0.15, -0.1) is 11.8 Å². The van der Waals surface area contributed by atoms with Crippen molar-refractivity contribution in [2.45, 2.75) is 31.0 Å². The molecule has 0 aliphatic carbocycles. The van der Waals surface area contributed by atoms with E-state index in [0.717, 1.165) is 27.8 Å². The third kappa shape index (κ3) is 3.72. The maximum Gasteiger partial charge on any atom is 0.415 e. The molecule has 1 atom stereocenters. The Kier molecular flexibility index (Phi) is 4.27. The molecule has 0 heterocycles. The summed E-state index contributed by atoms with van der Waals surface area (Å²) < 4.78 is 36.2. The van der Waals surface area contributed by atoms with Gasteiger partial charge in [-0.2, -0.15) is 13.2 Å². The largest absolute Gasteiger partial charge is 0.415 e. The van der Waals surface area contributed by atoms with Crippen LogP contribution in [-0.4, -0.2) is 23.1 Å². The summed E-state index contributed by atoms with van der Waals surface area (Å²) in [5.41, 5.74) is 2.00. The van der Waals surface area contributed by atoms with E-state index in [9.17, 15) is 13.2 Å². The Bertz CT molecular complexity index is 363. The second-order valence-corrected chi connectivity index (χ2v) is 4.70. The molecule has 0 aliphatic heterocycles. The number of aliphatic hydroxyl groups is 1.